The van der Waals surface area contributed by atoms with E-state index in [1.807, 2.05) is 13.8 Å². The molecule has 1 fully saturated rings. The highest BCUT2D eigenvalue weighted by Crippen LogP contribution is 2.43. The molecule has 78 valence electrons. The molecule has 0 aromatic carbocycles. The number of hydrogen-bond acceptors (Lipinski definition) is 1. The molecule has 1 nitrogen and oxygen atoms in total. The third kappa shape index (κ3) is 7.84. The summed E-state index contributed by atoms with van der Waals surface area (Å²) in [5, 5.41) is 8.37. The lowest BCUT2D eigenvalue weighted by Gasteiger charge is -2.38. The normalized spacial score (nSPS) is 17.9. The van der Waals surface area contributed by atoms with Gasteiger partial charge in [-0.15, -0.1) is 0 Å². The van der Waals surface area contributed by atoms with E-state index in [0.717, 1.165) is 12.8 Å². The van der Waals surface area contributed by atoms with E-state index < -0.39 is 0 Å². The van der Waals surface area contributed by atoms with E-state index >= 15 is 0 Å². The van der Waals surface area contributed by atoms with Crippen LogP contribution < -0.4 is 0 Å². The summed E-state index contributed by atoms with van der Waals surface area (Å²) < 4.78 is 0. The molecule has 0 amide bonds. The molecule has 0 saturated heterocycles. The maximum atomic E-state index is 8.37. The first kappa shape index (κ1) is 15.0. The molecule has 1 aliphatic carbocycles. The van der Waals surface area contributed by atoms with Gasteiger partial charge in [-0.2, -0.15) is 5.26 Å². The zero-order chi connectivity index (χ0) is 10.9. The Balaban J connectivity index is 0. The molecule has 1 aliphatic rings. The van der Waals surface area contributed by atoms with E-state index in [0.29, 0.717) is 11.3 Å². The zero-order valence-electron chi connectivity index (χ0n) is 10.1. The second-order valence-electron chi connectivity index (χ2n) is 4.11. The molecule has 0 N–H and O–H groups in total. The summed E-state index contributed by atoms with van der Waals surface area (Å²) in [6.07, 6.45) is 3.45. The van der Waals surface area contributed by atoms with Crippen LogP contribution in [0.15, 0.2) is 0 Å². The van der Waals surface area contributed by atoms with Gasteiger partial charge in [-0.1, -0.05) is 48.0 Å². The Bertz CT molecular complexity index is 134. The predicted molar refractivity (Wildman–Crippen MR) is 59.4 cm³/mol. The van der Waals surface area contributed by atoms with Gasteiger partial charge in [0.2, 0.25) is 0 Å². The van der Waals surface area contributed by atoms with Crippen LogP contribution in [0, 0.1) is 22.7 Å². The van der Waals surface area contributed by atoms with Gasteiger partial charge in [0.15, 0.2) is 0 Å². The molecule has 1 saturated carbocycles. The summed E-state index contributed by atoms with van der Waals surface area (Å²) in [6, 6.07) is 2.26. The van der Waals surface area contributed by atoms with Crippen molar-refractivity contribution < 1.29 is 0 Å². The van der Waals surface area contributed by atoms with Crippen LogP contribution in [0.5, 0.6) is 0 Å². The Labute approximate surface area is 84.2 Å². The first-order valence-electron chi connectivity index (χ1n) is 5.45. The summed E-state index contributed by atoms with van der Waals surface area (Å²) >= 11 is 0. The lowest BCUT2D eigenvalue weighted by molar-refractivity contribution is 0.136. The van der Waals surface area contributed by atoms with E-state index in [1.54, 1.807) is 0 Å². The first-order valence-corrected chi connectivity index (χ1v) is 5.45. The van der Waals surface area contributed by atoms with Gasteiger partial charge >= 0.3 is 0 Å². The van der Waals surface area contributed by atoms with Crippen molar-refractivity contribution in [3.63, 3.8) is 0 Å². The fourth-order valence-electron chi connectivity index (χ4n) is 1.37. The lowest BCUT2D eigenvalue weighted by atomic mass is 9.65. The Kier molecular flexibility index (Phi) is 9.34. The Morgan fingerprint density at radius 1 is 1.23 bits per heavy atom. The third-order valence-corrected chi connectivity index (χ3v) is 1.78. The molecule has 0 aromatic heterocycles. The highest BCUT2D eigenvalue weighted by atomic mass is 14.4. The Morgan fingerprint density at radius 2 is 1.54 bits per heavy atom. The molecular formula is C12H25N. The molecule has 0 unspecified atom stereocenters. The van der Waals surface area contributed by atoms with Crippen LogP contribution in [0.25, 0.3) is 0 Å². The molecule has 0 spiro atoms. The number of nitriles is 1. The molecule has 0 radical (unpaired) electrons. The third-order valence-electron chi connectivity index (χ3n) is 1.78. The number of hydrogen-bond donors (Lipinski definition) is 0. The Hall–Kier alpha value is -0.510. The molecular weight excluding hydrogens is 158 g/mol. The second-order valence-corrected chi connectivity index (χ2v) is 4.11. The van der Waals surface area contributed by atoms with Crippen molar-refractivity contribution in [1.29, 1.82) is 5.26 Å². The SMILES string of the molecule is CC.CC1(C)CC(C#N)C1.CCC. The maximum absolute atomic E-state index is 8.37. The molecule has 0 aromatic rings. The van der Waals surface area contributed by atoms with Crippen LogP contribution in [0.2, 0.25) is 0 Å². The van der Waals surface area contributed by atoms with Gasteiger partial charge in [0.05, 0.1) is 6.07 Å². The quantitative estimate of drug-likeness (QED) is 0.546. The predicted octanol–water partition coefficient (Wildman–Crippen LogP) is 4.39. The topological polar surface area (TPSA) is 23.8 Å². The summed E-state index contributed by atoms with van der Waals surface area (Å²) in [7, 11) is 0. The smallest absolute Gasteiger partial charge is 0.0656 e. The van der Waals surface area contributed by atoms with Crippen molar-refractivity contribution in [1.82, 2.24) is 0 Å². The Morgan fingerprint density at radius 3 is 1.62 bits per heavy atom. The average Bonchev–Trinajstić information content (AvgIpc) is 2.05. The minimum absolute atomic E-state index is 0.366. The maximum Gasteiger partial charge on any atom is 0.0656 e. The first-order chi connectivity index (χ1) is 6.05. The van der Waals surface area contributed by atoms with Gasteiger partial charge in [-0.05, 0) is 18.3 Å². The zero-order valence-corrected chi connectivity index (χ0v) is 10.1. The molecule has 1 heteroatoms. The van der Waals surface area contributed by atoms with Crippen molar-refractivity contribution in [3.8, 4) is 6.07 Å². The second kappa shape index (κ2) is 8.10. The van der Waals surface area contributed by atoms with Crippen molar-refractivity contribution in [2.75, 3.05) is 0 Å². The minimum Gasteiger partial charge on any atom is -0.198 e. The van der Waals surface area contributed by atoms with Crippen LogP contribution >= 0.6 is 0 Å². The van der Waals surface area contributed by atoms with Crippen LogP contribution in [-0.2, 0) is 0 Å². The van der Waals surface area contributed by atoms with E-state index in [4.69, 9.17) is 5.26 Å². The summed E-state index contributed by atoms with van der Waals surface area (Å²) in [6.45, 7) is 12.7. The van der Waals surface area contributed by atoms with Crippen molar-refractivity contribution in [3.05, 3.63) is 0 Å². The molecule has 0 atom stereocenters. The van der Waals surface area contributed by atoms with Gasteiger partial charge in [0, 0.05) is 5.92 Å². The minimum atomic E-state index is 0.366. The summed E-state index contributed by atoms with van der Waals surface area (Å²) in [4.78, 5) is 0. The van der Waals surface area contributed by atoms with Gasteiger partial charge in [-0.3, -0.25) is 0 Å². The molecule has 0 aliphatic heterocycles. The van der Waals surface area contributed by atoms with Crippen LogP contribution in [0.1, 0.15) is 60.8 Å². The molecule has 0 bridgehead atoms. The highest BCUT2D eigenvalue weighted by Gasteiger charge is 2.35. The average molecular weight is 183 g/mol. The number of nitrogens with zero attached hydrogens (tertiary/aromatic N) is 1. The van der Waals surface area contributed by atoms with Crippen molar-refractivity contribution in [2.45, 2.75) is 60.8 Å². The van der Waals surface area contributed by atoms with Gasteiger partial charge < -0.3 is 0 Å². The van der Waals surface area contributed by atoms with E-state index in [2.05, 4.69) is 33.8 Å². The van der Waals surface area contributed by atoms with E-state index in [1.165, 1.54) is 6.42 Å². The van der Waals surface area contributed by atoms with Gasteiger partial charge in [-0.25, -0.2) is 0 Å². The standard InChI is InChI=1S/C7H11N.C3H8.C2H6/c1-7(2)3-6(4-7)5-8;1-3-2;1-2/h6H,3-4H2,1-2H3;3H2,1-2H3;1-2H3. The summed E-state index contributed by atoms with van der Waals surface area (Å²) in [5.41, 5.74) is 0.473. The molecule has 0 heterocycles. The number of rotatable bonds is 0. The largest absolute Gasteiger partial charge is 0.198 e. The highest BCUT2D eigenvalue weighted by molar-refractivity contribution is 4.98. The van der Waals surface area contributed by atoms with Crippen molar-refractivity contribution in [2.24, 2.45) is 11.3 Å². The fourth-order valence-corrected chi connectivity index (χ4v) is 1.37. The monoisotopic (exact) mass is 183 g/mol. The van der Waals surface area contributed by atoms with E-state index in [-0.39, 0.29) is 0 Å². The molecule has 1 rings (SSSR count). The molecule has 13 heavy (non-hydrogen) atoms. The van der Waals surface area contributed by atoms with Crippen LogP contribution in [0.3, 0.4) is 0 Å². The van der Waals surface area contributed by atoms with E-state index in [9.17, 15) is 0 Å². The lowest BCUT2D eigenvalue weighted by Crippen LogP contribution is -2.30. The van der Waals surface area contributed by atoms with Crippen LogP contribution in [0.4, 0.5) is 0 Å². The summed E-state index contributed by atoms with van der Waals surface area (Å²) in [5.74, 6) is 0.366. The van der Waals surface area contributed by atoms with Gasteiger partial charge in [0.1, 0.15) is 0 Å². The fraction of sp³-hybridized carbons (Fsp3) is 0.917. The van der Waals surface area contributed by atoms with Crippen molar-refractivity contribution >= 4 is 0 Å². The van der Waals surface area contributed by atoms with Crippen LogP contribution in [-0.4, -0.2) is 0 Å². The van der Waals surface area contributed by atoms with Gasteiger partial charge in [0.25, 0.3) is 0 Å².